The van der Waals surface area contributed by atoms with Crippen molar-refractivity contribution in [3.8, 4) is 5.75 Å². The summed E-state index contributed by atoms with van der Waals surface area (Å²) in [6, 6.07) is 7.91. The molecule has 1 aliphatic rings. The molecule has 0 aromatic heterocycles. The predicted molar refractivity (Wildman–Crippen MR) is 82.8 cm³/mol. The molecule has 1 aromatic rings. The Morgan fingerprint density at radius 1 is 1.40 bits per heavy atom. The van der Waals surface area contributed by atoms with Gasteiger partial charge in [0.05, 0.1) is 7.11 Å². The van der Waals surface area contributed by atoms with Crippen molar-refractivity contribution >= 4 is 23.2 Å². The highest BCUT2D eigenvalue weighted by molar-refractivity contribution is 7.80. The van der Waals surface area contributed by atoms with E-state index in [0.29, 0.717) is 5.11 Å². The average molecular weight is 292 g/mol. The molecule has 20 heavy (non-hydrogen) atoms. The van der Waals surface area contributed by atoms with Crippen LogP contribution >= 0.6 is 12.2 Å². The molecular formula is C15H20N2O2S. The summed E-state index contributed by atoms with van der Waals surface area (Å²) in [5.41, 5.74) is 1.23. The normalized spacial score (nSPS) is 19.9. The van der Waals surface area contributed by atoms with E-state index in [1.54, 1.807) is 12.0 Å². The molecule has 1 aromatic carbocycles. The molecule has 5 heteroatoms. The fraction of sp³-hybridized carbons (Fsp3) is 0.467. The van der Waals surface area contributed by atoms with Gasteiger partial charge in [-0.2, -0.15) is 0 Å². The van der Waals surface area contributed by atoms with E-state index in [2.05, 4.69) is 17.4 Å². The molecule has 1 heterocycles. The van der Waals surface area contributed by atoms with Gasteiger partial charge in [-0.15, -0.1) is 0 Å². The Morgan fingerprint density at radius 2 is 2.05 bits per heavy atom. The number of benzene rings is 1. The predicted octanol–water partition coefficient (Wildman–Crippen LogP) is 2.12. The minimum Gasteiger partial charge on any atom is -0.497 e. The summed E-state index contributed by atoms with van der Waals surface area (Å²) in [4.78, 5) is 13.7. The molecule has 0 saturated carbocycles. The van der Waals surface area contributed by atoms with Crippen LogP contribution in [0.25, 0.3) is 0 Å². The maximum absolute atomic E-state index is 12.0. The Labute approximate surface area is 125 Å². The van der Waals surface area contributed by atoms with Gasteiger partial charge in [-0.05, 0) is 56.6 Å². The van der Waals surface area contributed by atoms with Crippen LogP contribution in [-0.2, 0) is 11.2 Å². The third-order valence-corrected chi connectivity index (χ3v) is 3.93. The molecular weight excluding hydrogens is 272 g/mol. The van der Waals surface area contributed by atoms with Crippen molar-refractivity contribution in [2.45, 2.75) is 38.8 Å². The number of nitrogens with one attached hydrogen (secondary N) is 1. The van der Waals surface area contributed by atoms with Crippen molar-refractivity contribution in [2.24, 2.45) is 0 Å². The molecule has 2 rings (SSSR count). The summed E-state index contributed by atoms with van der Waals surface area (Å²) in [5.74, 6) is 0.924. The Morgan fingerprint density at radius 3 is 2.55 bits per heavy atom. The third kappa shape index (κ3) is 3.10. The zero-order valence-electron chi connectivity index (χ0n) is 12.1. The SMILES string of the molecule is COc1ccc(CC[C@@H](C)N2C(=O)[C@H](C)NC2=S)cc1. The first kappa shape index (κ1) is 14.8. The summed E-state index contributed by atoms with van der Waals surface area (Å²) >= 11 is 5.21. The average Bonchev–Trinajstić information content (AvgIpc) is 2.70. The lowest BCUT2D eigenvalue weighted by molar-refractivity contribution is -0.128. The molecule has 108 valence electrons. The van der Waals surface area contributed by atoms with E-state index in [4.69, 9.17) is 17.0 Å². The topological polar surface area (TPSA) is 41.6 Å². The fourth-order valence-corrected chi connectivity index (χ4v) is 2.79. The zero-order chi connectivity index (χ0) is 14.7. The van der Waals surface area contributed by atoms with Gasteiger partial charge in [0, 0.05) is 6.04 Å². The minimum absolute atomic E-state index is 0.0669. The first-order valence-electron chi connectivity index (χ1n) is 6.79. The van der Waals surface area contributed by atoms with Crippen LogP contribution < -0.4 is 10.1 Å². The molecule has 1 fully saturated rings. The molecule has 2 atom stereocenters. The largest absolute Gasteiger partial charge is 0.497 e. The maximum atomic E-state index is 12.0. The molecule has 4 nitrogen and oxygen atoms in total. The van der Waals surface area contributed by atoms with E-state index in [9.17, 15) is 4.79 Å². The van der Waals surface area contributed by atoms with Crippen molar-refractivity contribution in [2.75, 3.05) is 7.11 Å². The Balaban J connectivity index is 1.93. The van der Waals surface area contributed by atoms with Crippen molar-refractivity contribution in [3.63, 3.8) is 0 Å². The van der Waals surface area contributed by atoms with Crippen LogP contribution in [-0.4, -0.2) is 35.1 Å². The van der Waals surface area contributed by atoms with Gasteiger partial charge in [-0.3, -0.25) is 9.69 Å². The molecule has 0 unspecified atom stereocenters. The van der Waals surface area contributed by atoms with Crippen molar-refractivity contribution in [1.82, 2.24) is 10.2 Å². The Bertz CT molecular complexity index is 501. The van der Waals surface area contributed by atoms with Gasteiger partial charge in [0.1, 0.15) is 11.8 Å². The summed E-state index contributed by atoms with van der Waals surface area (Å²) < 4.78 is 5.14. The Kier molecular flexibility index (Phi) is 4.60. The lowest BCUT2D eigenvalue weighted by Crippen LogP contribution is -2.39. The quantitative estimate of drug-likeness (QED) is 0.844. The number of carbonyl (C=O) groups is 1. The van der Waals surface area contributed by atoms with Crippen LogP contribution in [0.5, 0.6) is 5.75 Å². The number of hydrogen-bond acceptors (Lipinski definition) is 3. The molecule has 1 aliphatic heterocycles. The van der Waals surface area contributed by atoms with E-state index in [0.717, 1.165) is 18.6 Å². The van der Waals surface area contributed by atoms with Crippen LogP contribution in [0.1, 0.15) is 25.8 Å². The highest BCUT2D eigenvalue weighted by Gasteiger charge is 2.34. The minimum atomic E-state index is -0.203. The summed E-state index contributed by atoms with van der Waals surface area (Å²) in [6.45, 7) is 3.87. The van der Waals surface area contributed by atoms with Gasteiger partial charge in [0.25, 0.3) is 5.91 Å². The number of ether oxygens (including phenoxy) is 1. The number of hydrogen-bond donors (Lipinski definition) is 1. The van der Waals surface area contributed by atoms with Crippen LogP contribution in [0, 0.1) is 0 Å². The van der Waals surface area contributed by atoms with Gasteiger partial charge in [-0.25, -0.2) is 0 Å². The van der Waals surface area contributed by atoms with Crippen LogP contribution in [0.4, 0.5) is 0 Å². The number of methoxy groups -OCH3 is 1. The summed E-state index contributed by atoms with van der Waals surface area (Å²) in [6.07, 6.45) is 1.79. The first-order chi connectivity index (χ1) is 9.52. The molecule has 1 N–H and O–H groups in total. The summed E-state index contributed by atoms with van der Waals surface area (Å²) in [7, 11) is 1.66. The fourth-order valence-electron chi connectivity index (χ4n) is 2.34. The van der Waals surface area contributed by atoms with Gasteiger partial charge >= 0.3 is 0 Å². The zero-order valence-corrected chi connectivity index (χ0v) is 12.9. The molecule has 0 aliphatic carbocycles. The van der Waals surface area contributed by atoms with Crippen molar-refractivity contribution in [3.05, 3.63) is 29.8 Å². The van der Waals surface area contributed by atoms with Gasteiger partial charge in [-0.1, -0.05) is 12.1 Å². The molecule has 0 bridgehead atoms. The first-order valence-corrected chi connectivity index (χ1v) is 7.20. The van der Waals surface area contributed by atoms with Crippen LogP contribution in [0.15, 0.2) is 24.3 Å². The number of nitrogens with zero attached hydrogens (tertiary/aromatic N) is 1. The lowest BCUT2D eigenvalue weighted by Gasteiger charge is -2.23. The van der Waals surface area contributed by atoms with Gasteiger partial charge in [0.2, 0.25) is 0 Å². The van der Waals surface area contributed by atoms with Crippen LogP contribution in [0.2, 0.25) is 0 Å². The van der Waals surface area contributed by atoms with Crippen molar-refractivity contribution in [1.29, 1.82) is 0 Å². The summed E-state index contributed by atoms with van der Waals surface area (Å²) in [5, 5.41) is 3.55. The maximum Gasteiger partial charge on any atom is 0.251 e. The highest BCUT2D eigenvalue weighted by atomic mass is 32.1. The Hall–Kier alpha value is -1.62. The second-order valence-electron chi connectivity index (χ2n) is 5.12. The highest BCUT2D eigenvalue weighted by Crippen LogP contribution is 2.17. The van der Waals surface area contributed by atoms with Gasteiger partial charge in [0.15, 0.2) is 5.11 Å². The van der Waals surface area contributed by atoms with Crippen LogP contribution in [0.3, 0.4) is 0 Å². The molecule has 0 radical (unpaired) electrons. The number of carbonyl (C=O) groups excluding carboxylic acids is 1. The number of thiocarbonyl (C=S) groups is 1. The number of amides is 1. The van der Waals surface area contributed by atoms with Gasteiger partial charge < -0.3 is 10.1 Å². The third-order valence-electron chi connectivity index (χ3n) is 3.62. The standard InChI is InChI=1S/C15H20N2O2S/c1-10(17-14(18)11(2)16-15(17)20)4-5-12-6-8-13(19-3)9-7-12/h6-11H,4-5H2,1-3H3,(H,16,20)/t10-,11+/m1/s1. The smallest absolute Gasteiger partial charge is 0.251 e. The lowest BCUT2D eigenvalue weighted by atomic mass is 10.1. The van der Waals surface area contributed by atoms with E-state index in [1.165, 1.54) is 5.56 Å². The molecule has 1 saturated heterocycles. The molecule has 0 spiro atoms. The second-order valence-corrected chi connectivity index (χ2v) is 5.50. The second kappa shape index (κ2) is 6.22. The molecule has 1 amide bonds. The number of aryl methyl sites for hydroxylation is 1. The van der Waals surface area contributed by atoms with E-state index in [-0.39, 0.29) is 18.0 Å². The van der Waals surface area contributed by atoms with Crippen molar-refractivity contribution < 1.29 is 9.53 Å². The monoisotopic (exact) mass is 292 g/mol. The van der Waals surface area contributed by atoms with E-state index < -0.39 is 0 Å². The van der Waals surface area contributed by atoms with E-state index >= 15 is 0 Å². The van der Waals surface area contributed by atoms with E-state index in [1.807, 2.05) is 26.0 Å². The number of rotatable bonds is 5.